The summed E-state index contributed by atoms with van der Waals surface area (Å²) in [5.41, 5.74) is 2.56. The Hall–Kier alpha value is -2.30. The molecule has 0 saturated heterocycles. The summed E-state index contributed by atoms with van der Waals surface area (Å²) in [6, 6.07) is 6.44. The van der Waals surface area contributed by atoms with Crippen molar-refractivity contribution >= 4 is 11.6 Å². The smallest absolute Gasteiger partial charge is 0.259 e. The maximum absolute atomic E-state index is 12.0. The summed E-state index contributed by atoms with van der Waals surface area (Å²) in [6.07, 6.45) is 0. The van der Waals surface area contributed by atoms with E-state index in [9.17, 15) is 9.90 Å². The van der Waals surface area contributed by atoms with Gasteiger partial charge in [0.25, 0.3) is 5.91 Å². The number of carbonyl (C=O) groups excluding carboxylic acids is 1. The number of nitrogens with zero attached hydrogens (tertiary/aromatic N) is 2. The van der Waals surface area contributed by atoms with Crippen molar-refractivity contribution in [3.8, 4) is 5.75 Å². The number of anilines is 1. The van der Waals surface area contributed by atoms with Gasteiger partial charge in [-0.05, 0) is 26.0 Å². The number of rotatable bonds is 2. The first-order valence-electron chi connectivity index (χ1n) is 5.60. The maximum Gasteiger partial charge on any atom is 0.259 e. The fraction of sp³-hybridized carbons (Fsp3) is 0.231. The van der Waals surface area contributed by atoms with Crippen LogP contribution in [-0.2, 0) is 7.05 Å². The SMILES string of the molecule is Cc1nn(C)c(C)c1NC(=O)c1ccccc1O. The summed E-state index contributed by atoms with van der Waals surface area (Å²) < 4.78 is 1.70. The molecule has 0 aliphatic rings. The summed E-state index contributed by atoms with van der Waals surface area (Å²) >= 11 is 0. The predicted octanol–water partition coefficient (Wildman–Crippen LogP) is 1.99. The highest BCUT2D eigenvalue weighted by molar-refractivity contribution is 6.06. The third-order valence-corrected chi connectivity index (χ3v) is 2.90. The number of carbonyl (C=O) groups is 1. The minimum atomic E-state index is -0.340. The molecule has 0 radical (unpaired) electrons. The highest BCUT2D eigenvalue weighted by atomic mass is 16.3. The largest absolute Gasteiger partial charge is 0.507 e. The van der Waals surface area contributed by atoms with Gasteiger partial charge >= 0.3 is 0 Å². The van der Waals surface area contributed by atoms with Crippen LogP contribution in [0.25, 0.3) is 0 Å². The van der Waals surface area contributed by atoms with Crippen LogP contribution in [0.2, 0.25) is 0 Å². The van der Waals surface area contributed by atoms with E-state index in [1.807, 2.05) is 20.9 Å². The van der Waals surface area contributed by atoms with E-state index in [4.69, 9.17) is 0 Å². The minimum absolute atomic E-state index is 0.0332. The second-order valence-corrected chi connectivity index (χ2v) is 4.14. The monoisotopic (exact) mass is 245 g/mol. The van der Waals surface area contributed by atoms with Crippen LogP contribution in [-0.4, -0.2) is 20.8 Å². The molecule has 0 atom stereocenters. The van der Waals surface area contributed by atoms with Crippen molar-refractivity contribution in [1.29, 1.82) is 0 Å². The molecule has 94 valence electrons. The third kappa shape index (κ3) is 2.07. The lowest BCUT2D eigenvalue weighted by Gasteiger charge is -2.06. The van der Waals surface area contributed by atoms with Crippen LogP contribution in [0.3, 0.4) is 0 Å². The normalized spacial score (nSPS) is 10.4. The van der Waals surface area contributed by atoms with Gasteiger partial charge in [-0.3, -0.25) is 9.48 Å². The lowest BCUT2D eigenvalue weighted by atomic mass is 10.2. The molecule has 1 heterocycles. The number of benzene rings is 1. The first-order valence-corrected chi connectivity index (χ1v) is 5.60. The van der Waals surface area contributed by atoms with Gasteiger partial charge in [-0.25, -0.2) is 0 Å². The van der Waals surface area contributed by atoms with Gasteiger partial charge in [-0.2, -0.15) is 5.10 Å². The summed E-state index contributed by atoms with van der Waals surface area (Å²) in [6.45, 7) is 3.70. The summed E-state index contributed by atoms with van der Waals surface area (Å²) in [5.74, 6) is -0.374. The van der Waals surface area contributed by atoms with Crippen LogP contribution < -0.4 is 5.32 Å². The Kier molecular flexibility index (Phi) is 3.06. The Labute approximate surface area is 105 Å². The number of aromatic nitrogens is 2. The van der Waals surface area contributed by atoms with Crippen molar-refractivity contribution in [2.24, 2.45) is 7.05 Å². The number of nitrogens with one attached hydrogen (secondary N) is 1. The molecule has 0 spiro atoms. The second kappa shape index (κ2) is 4.52. The third-order valence-electron chi connectivity index (χ3n) is 2.90. The topological polar surface area (TPSA) is 67.2 Å². The van der Waals surface area contributed by atoms with E-state index in [0.29, 0.717) is 5.69 Å². The fourth-order valence-electron chi connectivity index (χ4n) is 1.80. The van der Waals surface area contributed by atoms with E-state index in [2.05, 4.69) is 10.4 Å². The van der Waals surface area contributed by atoms with Gasteiger partial charge in [0.05, 0.1) is 22.6 Å². The van der Waals surface area contributed by atoms with Crippen LogP contribution in [0.15, 0.2) is 24.3 Å². The van der Waals surface area contributed by atoms with Crippen molar-refractivity contribution < 1.29 is 9.90 Å². The quantitative estimate of drug-likeness (QED) is 0.850. The molecule has 2 aromatic rings. The molecule has 1 amide bonds. The molecular formula is C13H15N3O2. The van der Waals surface area contributed by atoms with E-state index < -0.39 is 0 Å². The molecule has 2 rings (SSSR count). The minimum Gasteiger partial charge on any atom is -0.507 e. The number of amides is 1. The maximum atomic E-state index is 12.0. The van der Waals surface area contributed by atoms with Crippen LogP contribution in [0, 0.1) is 13.8 Å². The highest BCUT2D eigenvalue weighted by Crippen LogP contribution is 2.22. The number of phenolic OH excluding ortho intramolecular Hbond substituents is 1. The molecule has 2 N–H and O–H groups in total. The number of para-hydroxylation sites is 1. The zero-order valence-electron chi connectivity index (χ0n) is 10.6. The molecule has 0 aliphatic carbocycles. The summed E-state index contributed by atoms with van der Waals surface area (Å²) in [4.78, 5) is 12.0. The molecule has 18 heavy (non-hydrogen) atoms. The number of aromatic hydroxyl groups is 1. The van der Waals surface area contributed by atoms with E-state index in [0.717, 1.165) is 11.4 Å². The molecule has 1 aromatic carbocycles. The van der Waals surface area contributed by atoms with Gasteiger partial charge in [-0.15, -0.1) is 0 Å². The predicted molar refractivity (Wildman–Crippen MR) is 68.7 cm³/mol. The first kappa shape index (κ1) is 12.2. The molecule has 1 aromatic heterocycles. The molecule has 0 saturated carbocycles. The Morgan fingerprint density at radius 2 is 2.00 bits per heavy atom. The van der Waals surface area contributed by atoms with E-state index in [-0.39, 0.29) is 17.2 Å². The zero-order chi connectivity index (χ0) is 13.3. The zero-order valence-corrected chi connectivity index (χ0v) is 10.6. The first-order chi connectivity index (χ1) is 8.50. The van der Waals surface area contributed by atoms with Crippen molar-refractivity contribution in [3.63, 3.8) is 0 Å². The van der Waals surface area contributed by atoms with Crippen LogP contribution >= 0.6 is 0 Å². The van der Waals surface area contributed by atoms with Gasteiger partial charge in [0.2, 0.25) is 0 Å². The summed E-state index contributed by atoms with van der Waals surface area (Å²) in [7, 11) is 1.82. The second-order valence-electron chi connectivity index (χ2n) is 4.14. The van der Waals surface area contributed by atoms with Gasteiger partial charge in [0.15, 0.2) is 0 Å². The van der Waals surface area contributed by atoms with E-state index in [1.54, 1.807) is 22.9 Å². The average Bonchev–Trinajstić information content (AvgIpc) is 2.56. The highest BCUT2D eigenvalue weighted by Gasteiger charge is 2.15. The van der Waals surface area contributed by atoms with E-state index >= 15 is 0 Å². The van der Waals surface area contributed by atoms with Crippen molar-refractivity contribution in [3.05, 3.63) is 41.2 Å². The molecule has 0 unspecified atom stereocenters. The van der Waals surface area contributed by atoms with Crippen molar-refractivity contribution in [2.75, 3.05) is 5.32 Å². The Morgan fingerprint density at radius 3 is 2.56 bits per heavy atom. The van der Waals surface area contributed by atoms with Crippen LogP contribution in [0.5, 0.6) is 5.75 Å². The lowest BCUT2D eigenvalue weighted by Crippen LogP contribution is -2.13. The molecule has 5 heteroatoms. The number of phenols is 1. The van der Waals surface area contributed by atoms with Gasteiger partial charge in [0.1, 0.15) is 5.75 Å². The fourth-order valence-corrected chi connectivity index (χ4v) is 1.80. The number of aryl methyl sites for hydroxylation is 2. The van der Waals surface area contributed by atoms with Gasteiger partial charge in [0, 0.05) is 7.05 Å². The lowest BCUT2D eigenvalue weighted by molar-refractivity contribution is 0.102. The molecule has 0 bridgehead atoms. The van der Waals surface area contributed by atoms with E-state index in [1.165, 1.54) is 6.07 Å². The molecule has 5 nitrogen and oxygen atoms in total. The average molecular weight is 245 g/mol. The molecule has 0 aliphatic heterocycles. The standard InChI is InChI=1S/C13H15N3O2/c1-8-12(9(2)16(3)15-8)14-13(18)10-6-4-5-7-11(10)17/h4-7,17H,1-3H3,(H,14,18). The van der Waals surface area contributed by atoms with Crippen LogP contribution in [0.1, 0.15) is 21.7 Å². The Morgan fingerprint density at radius 1 is 1.33 bits per heavy atom. The molecular weight excluding hydrogens is 230 g/mol. The Bertz CT molecular complexity index is 602. The summed E-state index contributed by atoms with van der Waals surface area (Å²) in [5, 5.41) is 16.6. The van der Waals surface area contributed by atoms with Crippen molar-refractivity contribution in [1.82, 2.24) is 9.78 Å². The van der Waals surface area contributed by atoms with Crippen molar-refractivity contribution in [2.45, 2.75) is 13.8 Å². The van der Waals surface area contributed by atoms with Gasteiger partial charge < -0.3 is 10.4 Å². The Balaban J connectivity index is 2.30. The molecule has 0 fully saturated rings. The van der Waals surface area contributed by atoms with Crippen LogP contribution in [0.4, 0.5) is 5.69 Å². The number of hydrogen-bond acceptors (Lipinski definition) is 3. The number of hydrogen-bond donors (Lipinski definition) is 2. The van der Waals surface area contributed by atoms with Gasteiger partial charge in [-0.1, -0.05) is 12.1 Å².